The van der Waals surface area contributed by atoms with Gasteiger partial charge in [0.05, 0.1) is 22.6 Å². The molecule has 0 radical (unpaired) electrons. The minimum Gasteiger partial charge on any atom is -0.339 e. The van der Waals surface area contributed by atoms with Gasteiger partial charge in [0.1, 0.15) is 11.6 Å². The molecule has 3 heterocycles. The Balaban J connectivity index is 1.69. The minimum atomic E-state index is -0.374. The Morgan fingerprint density at radius 2 is 1.85 bits per heavy atom. The molecule has 0 spiro atoms. The smallest absolute Gasteiger partial charge is 0.162 e. The zero-order valence-corrected chi connectivity index (χ0v) is 14.0. The molecule has 0 aliphatic rings. The largest absolute Gasteiger partial charge is 0.339 e. The van der Waals surface area contributed by atoms with Crippen LogP contribution in [0.25, 0.3) is 33.2 Å². The average molecular weight is 356 g/mol. The van der Waals surface area contributed by atoms with Crippen LogP contribution in [0, 0.1) is 5.82 Å². The third-order valence-electron chi connectivity index (χ3n) is 4.31. The van der Waals surface area contributed by atoms with Gasteiger partial charge < -0.3 is 5.32 Å². The van der Waals surface area contributed by atoms with Gasteiger partial charge in [-0.3, -0.25) is 10.1 Å². The fraction of sp³-hybridized carbons (Fsp3) is 0. The standard InChI is InChI=1S/C20H13FN6/c21-15-2-1-3-17-18(15)20(26-19(25-17)12-6-8-22-9-7-12)24-14-4-5-16-13(10-14)11-23-27-16/h1-11H,(H,23,27)(H,24,25,26). The van der Waals surface area contributed by atoms with E-state index in [1.54, 1.807) is 30.7 Å². The first-order valence-corrected chi connectivity index (χ1v) is 8.35. The summed E-state index contributed by atoms with van der Waals surface area (Å²) in [4.78, 5) is 13.1. The van der Waals surface area contributed by atoms with Crippen LogP contribution in [-0.2, 0) is 0 Å². The van der Waals surface area contributed by atoms with Gasteiger partial charge in [0.2, 0.25) is 0 Å². The second-order valence-electron chi connectivity index (χ2n) is 6.06. The molecular formula is C20H13FN6. The Morgan fingerprint density at radius 1 is 0.963 bits per heavy atom. The summed E-state index contributed by atoms with van der Waals surface area (Å²) >= 11 is 0. The monoisotopic (exact) mass is 356 g/mol. The van der Waals surface area contributed by atoms with E-state index in [0.717, 1.165) is 22.2 Å². The number of H-pyrrole nitrogens is 1. The third kappa shape index (κ3) is 2.75. The van der Waals surface area contributed by atoms with Crippen LogP contribution in [0.2, 0.25) is 0 Å². The predicted molar refractivity (Wildman–Crippen MR) is 102 cm³/mol. The number of hydrogen-bond donors (Lipinski definition) is 2. The Bertz CT molecular complexity index is 1270. The number of aromatic amines is 1. The van der Waals surface area contributed by atoms with Crippen LogP contribution in [-0.4, -0.2) is 25.1 Å². The molecule has 130 valence electrons. The summed E-state index contributed by atoms with van der Waals surface area (Å²) in [6, 6.07) is 14.2. The highest BCUT2D eigenvalue weighted by Gasteiger charge is 2.13. The quantitative estimate of drug-likeness (QED) is 0.499. The molecule has 2 aromatic carbocycles. The molecule has 0 fully saturated rings. The van der Waals surface area contributed by atoms with E-state index in [4.69, 9.17) is 0 Å². The first kappa shape index (κ1) is 15.4. The number of anilines is 2. The number of pyridine rings is 1. The summed E-state index contributed by atoms with van der Waals surface area (Å²) in [5.74, 6) is 0.538. The number of rotatable bonds is 3. The highest BCUT2D eigenvalue weighted by atomic mass is 19.1. The van der Waals surface area contributed by atoms with Gasteiger partial charge in [-0.25, -0.2) is 14.4 Å². The lowest BCUT2D eigenvalue weighted by Crippen LogP contribution is -2.01. The molecule has 0 saturated heterocycles. The van der Waals surface area contributed by atoms with Crippen LogP contribution in [0.3, 0.4) is 0 Å². The molecule has 0 aliphatic carbocycles. The summed E-state index contributed by atoms with van der Waals surface area (Å²) in [7, 11) is 0. The van der Waals surface area contributed by atoms with Gasteiger partial charge in [-0.05, 0) is 42.5 Å². The van der Waals surface area contributed by atoms with Gasteiger partial charge in [-0.2, -0.15) is 5.10 Å². The molecule has 7 heteroatoms. The zero-order valence-electron chi connectivity index (χ0n) is 14.0. The predicted octanol–water partition coefficient (Wildman–Crippen LogP) is 4.45. The Morgan fingerprint density at radius 3 is 2.74 bits per heavy atom. The number of nitrogens with zero attached hydrogens (tertiary/aromatic N) is 4. The molecule has 0 saturated carbocycles. The Labute approximate surface area is 153 Å². The molecule has 2 N–H and O–H groups in total. The Kier molecular flexibility index (Phi) is 3.50. The highest BCUT2D eigenvalue weighted by Crippen LogP contribution is 2.30. The van der Waals surface area contributed by atoms with Crippen molar-refractivity contribution in [2.24, 2.45) is 0 Å². The summed E-state index contributed by atoms with van der Waals surface area (Å²) in [6.07, 6.45) is 5.09. The molecule has 0 bridgehead atoms. The van der Waals surface area contributed by atoms with Crippen molar-refractivity contribution in [3.63, 3.8) is 0 Å². The van der Waals surface area contributed by atoms with Crippen molar-refractivity contribution in [2.45, 2.75) is 0 Å². The summed E-state index contributed by atoms with van der Waals surface area (Å²) in [5.41, 5.74) is 3.05. The van der Waals surface area contributed by atoms with Crippen LogP contribution < -0.4 is 5.32 Å². The summed E-state index contributed by atoms with van der Waals surface area (Å²) in [5, 5.41) is 11.5. The molecule has 0 atom stereocenters. The van der Waals surface area contributed by atoms with E-state index in [1.165, 1.54) is 6.07 Å². The lowest BCUT2D eigenvalue weighted by atomic mass is 10.2. The number of halogens is 1. The second kappa shape index (κ2) is 6.14. The van der Waals surface area contributed by atoms with Crippen molar-refractivity contribution in [3.8, 4) is 11.4 Å². The number of hydrogen-bond acceptors (Lipinski definition) is 5. The van der Waals surface area contributed by atoms with E-state index >= 15 is 0 Å². The molecule has 5 aromatic rings. The van der Waals surface area contributed by atoms with Crippen molar-refractivity contribution < 1.29 is 4.39 Å². The number of aromatic nitrogens is 5. The maximum atomic E-state index is 14.5. The molecule has 0 amide bonds. The second-order valence-corrected chi connectivity index (χ2v) is 6.06. The molecule has 6 nitrogen and oxygen atoms in total. The zero-order chi connectivity index (χ0) is 18.2. The first-order valence-electron chi connectivity index (χ1n) is 8.35. The molecule has 27 heavy (non-hydrogen) atoms. The average Bonchev–Trinajstić information content (AvgIpc) is 3.16. The van der Waals surface area contributed by atoms with Gasteiger partial charge in [-0.15, -0.1) is 0 Å². The lowest BCUT2D eigenvalue weighted by Gasteiger charge is -2.12. The van der Waals surface area contributed by atoms with Crippen molar-refractivity contribution >= 4 is 33.3 Å². The van der Waals surface area contributed by atoms with E-state index in [0.29, 0.717) is 22.5 Å². The van der Waals surface area contributed by atoms with Crippen LogP contribution in [0.15, 0.2) is 67.1 Å². The van der Waals surface area contributed by atoms with E-state index < -0.39 is 0 Å². The third-order valence-corrected chi connectivity index (χ3v) is 4.31. The van der Waals surface area contributed by atoms with Gasteiger partial charge in [0.15, 0.2) is 5.82 Å². The maximum absolute atomic E-state index is 14.5. The van der Waals surface area contributed by atoms with E-state index in [9.17, 15) is 4.39 Å². The minimum absolute atomic E-state index is 0.350. The van der Waals surface area contributed by atoms with E-state index in [2.05, 4.69) is 30.5 Å². The fourth-order valence-electron chi connectivity index (χ4n) is 3.02. The van der Waals surface area contributed by atoms with Crippen molar-refractivity contribution in [2.75, 3.05) is 5.32 Å². The summed E-state index contributed by atoms with van der Waals surface area (Å²) in [6.45, 7) is 0. The fourth-order valence-corrected chi connectivity index (χ4v) is 3.02. The van der Waals surface area contributed by atoms with Crippen LogP contribution >= 0.6 is 0 Å². The van der Waals surface area contributed by atoms with Crippen LogP contribution in [0.1, 0.15) is 0 Å². The van der Waals surface area contributed by atoms with Crippen LogP contribution in [0.4, 0.5) is 15.9 Å². The highest BCUT2D eigenvalue weighted by molar-refractivity contribution is 5.93. The normalized spacial score (nSPS) is 11.1. The molecule has 3 aromatic heterocycles. The van der Waals surface area contributed by atoms with E-state index in [-0.39, 0.29) is 5.82 Å². The molecular weight excluding hydrogens is 343 g/mol. The van der Waals surface area contributed by atoms with Gasteiger partial charge in [0, 0.05) is 29.0 Å². The Hall–Kier alpha value is -3.87. The van der Waals surface area contributed by atoms with Crippen molar-refractivity contribution in [1.29, 1.82) is 0 Å². The first-order chi connectivity index (χ1) is 13.3. The van der Waals surface area contributed by atoms with Crippen LogP contribution in [0.5, 0.6) is 0 Å². The number of benzene rings is 2. The number of nitrogens with one attached hydrogen (secondary N) is 2. The van der Waals surface area contributed by atoms with Gasteiger partial charge in [0.25, 0.3) is 0 Å². The van der Waals surface area contributed by atoms with Crippen molar-refractivity contribution in [3.05, 3.63) is 72.9 Å². The molecule has 0 aliphatic heterocycles. The summed E-state index contributed by atoms with van der Waals surface area (Å²) < 4.78 is 14.5. The van der Waals surface area contributed by atoms with Crippen molar-refractivity contribution in [1.82, 2.24) is 25.1 Å². The lowest BCUT2D eigenvalue weighted by molar-refractivity contribution is 0.639. The SMILES string of the molecule is Fc1cccc2nc(-c3ccncc3)nc(Nc3ccc4[nH]ncc4c3)c12. The topological polar surface area (TPSA) is 79.4 Å². The molecule has 0 unspecified atom stereocenters. The maximum Gasteiger partial charge on any atom is 0.162 e. The van der Waals surface area contributed by atoms with E-state index in [1.807, 2.05) is 30.3 Å². The van der Waals surface area contributed by atoms with Gasteiger partial charge >= 0.3 is 0 Å². The molecule has 5 rings (SSSR count). The number of fused-ring (bicyclic) bond motifs is 2. The van der Waals surface area contributed by atoms with Gasteiger partial charge in [-0.1, -0.05) is 6.07 Å².